The Morgan fingerprint density at radius 2 is 1.76 bits per heavy atom. The highest BCUT2D eigenvalue weighted by Crippen LogP contribution is 2.34. The quantitative estimate of drug-likeness (QED) is 0.441. The molecule has 2 aromatic heterocycles. The lowest BCUT2D eigenvalue weighted by molar-refractivity contribution is 0.100. The van der Waals surface area contributed by atoms with Crippen molar-refractivity contribution in [2.24, 2.45) is 5.73 Å². The van der Waals surface area contributed by atoms with E-state index in [1.54, 1.807) is 6.07 Å². The minimum atomic E-state index is -0.435. The molecule has 3 N–H and O–H groups in total. The second-order valence-electron chi connectivity index (χ2n) is 9.02. The van der Waals surface area contributed by atoms with Gasteiger partial charge >= 0.3 is 0 Å². The predicted molar refractivity (Wildman–Crippen MR) is 133 cm³/mol. The van der Waals surface area contributed by atoms with Gasteiger partial charge in [-0.2, -0.15) is 5.10 Å². The van der Waals surface area contributed by atoms with Crippen molar-refractivity contribution >= 4 is 28.0 Å². The number of hydrogen-bond donors (Lipinski definition) is 2. The van der Waals surface area contributed by atoms with Crippen LogP contribution in [0.1, 0.15) is 10.4 Å². The first-order chi connectivity index (χ1) is 16.7. The van der Waals surface area contributed by atoms with Crippen LogP contribution >= 0.6 is 0 Å². The van der Waals surface area contributed by atoms with Crippen LogP contribution in [0.15, 0.2) is 79.3 Å². The average molecular weight is 447 g/mol. The molecule has 1 unspecified atom stereocenters. The summed E-state index contributed by atoms with van der Waals surface area (Å²) in [7, 11) is 0. The van der Waals surface area contributed by atoms with Gasteiger partial charge in [-0.1, -0.05) is 42.5 Å². The van der Waals surface area contributed by atoms with E-state index in [-0.39, 0.29) is 0 Å². The molecule has 0 saturated carbocycles. The molecule has 2 aliphatic rings. The third kappa shape index (κ3) is 2.77. The first kappa shape index (κ1) is 19.3. The first-order valence-corrected chi connectivity index (χ1v) is 11.4. The molecule has 0 aliphatic carbocycles. The fourth-order valence-corrected chi connectivity index (χ4v) is 5.22. The third-order valence-corrected chi connectivity index (χ3v) is 7.22. The molecule has 2 atom stereocenters. The standard InChI is InChI=1S/C27H22N6O/c28-26(34)22-10-9-21(19-3-1-2-4-20(19)22)23-12-31-33-14-17(11-30-27(23)33)16-5-7-18(8-6-16)32-15-24-25(32)13-29-24/h1-12,14,24-25,29H,13,15H2,(H2,28,34)/t24?,25-/m1/s1. The van der Waals surface area contributed by atoms with E-state index in [2.05, 4.69) is 39.6 Å². The van der Waals surface area contributed by atoms with Gasteiger partial charge in [-0.25, -0.2) is 9.50 Å². The van der Waals surface area contributed by atoms with Gasteiger partial charge in [-0.3, -0.25) is 4.79 Å². The molecule has 7 nitrogen and oxygen atoms in total. The van der Waals surface area contributed by atoms with Crippen molar-refractivity contribution in [2.45, 2.75) is 12.1 Å². The monoisotopic (exact) mass is 446 g/mol. The zero-order valence-corrected chi connectivity index (χ0v) is 18.3. The summed E-state index contributed by atoms with van der Waals surface area (Å²) in [5.41, 5.74) is 12.1. The van der Waals surface area contributed by atoms with Crippen molar-refractivity contribution in [1.29, 1.82) is 0 Å². The van der Waals surface area contributed by atoms with Gasteiger partial charge in [0.1, 0.15) is 0 Å². The van der Waals surface area contributed by atoms with Gasteiger partial charge in [0, 0.05) is 53.9 Å². The predicted octanol–water partition coefficient (Wildman–Crippen LogP) is 3.48. The summed E-state index contributed by atoms with van der Waals surface area (Å²) in [6, 6.07) is 21.5. The zero-order valence-electron chi connectivity index (χ0n) is 18.3. The van der Waals surface area contributed by atoms with Crippen LogP contribution in [0.3, 0.4) is 0 Å². The number of aromatic nitrogens is 3. The van der Waals surface area contributed by atoms with Crippen LogP contribution in [0.4, 0.5) is 5.69 Å². The van der Waals surface area contributed by atoms with Gasteiger partial charge < -0.3 is 16.0 Å². The van der Waals surface area contributed by atoms with E-state index >= 15 is 0 Å². The lowest BCUT2D eigenvalue weighted by atomic mass is 9.88. The highest BCUT2D eigenvalue weighted by Gasteiger charge is 2.45. The van der Waals surface area contributed by atoms with E-state index in [0.717, 1.165) is 51.8 Å². The summed E-state index contributed by atoms with van der Waals surface area (Å²) >= 11 is 0. The van der Waals surface area contributed by atoms with Crippen LogP contribution in [0.25, 0.3) is 38.7 Å². The summed E-state index contributed by atoms with van der Waals surface area (Å²) in [5, 5.41) is 9.81. The van der Waals surface area contributed by atoms with E-state index in [9.17, 15) is 4.79 Å². The number of rotatable bonds is 4. The van der Waals surface area contributed by atoms with Crippen molar-refractivity contribution in [1.82, 2.24) is 19.9 Å². The van der Waals surface area contributed by atoms with Crippen molar-refractivity contribution < 1.29 is 4.79 Å². The van der Waals surface area contributed by atoms with Gasteiger partial charge in [0.05, 0.1) is 12.2 Å². The Morgan fingerprint density at radius 1 is 0.941 bits per heavy atom. The molecule has 2 fully saturated rings. The molecule has 5 aromatic rings. The molecule has 34 heavy (non-hydrogen) atoms. The highest BCUT2D eigenvalue weighted by molar-refractivity contribution is 6.11. The number of nitrogens with zero attached hydrogens (tertiary/aromatic N) is 4. The smallest absolute Gasteiger partial charge is 0.249 e. The van der Waals surface area contributed by atoms with Crippen LogP contribution in [-0.4, -0.2) is 45.7 Å². The summed E-state index contributed by atoms with van der Waals surface area (Å²) in [6.45, 7) is 2.16. The largest absolute Gasteiger partial charge is 0.366 e. The Bertz CT molecular complexity index is 1590. The van der Waals surface area contributed by atoms with Crippen LogP contribution in [0.2, 0.25) is 0 Å². The molecule has 7 rings (SSSR count). The molecule has 3 aromatic carbocycles. The minimum Gasteiger partial charge on any atom is -0.366 e. The number of amides is 1. The van der Waals surface area contributed by atoms with Crippen molar-refractivity contribution in [3.05, 3.63) is 84.8 Å². The molecule has 2 aliphatic heterocycles. The number of benzene rings is 3. The molecule has 1 amide bonds. The molecular weight excluding hydrogens is 424 g/mol. The molecule has 166 valence electrons. The lowest BCUT2D eigenvalue weighted by Crippen LogP contribution is -2.78. The summed E-state index contributed by atoms with van der Waals surface area (Å²) in [6.07, 6.45) is 5.73. The van der Waals surface area contributed by atoms with E-state index < -0.39 is 5.91 Å². The molecule has 4 heterocycles. The molecule has 7 heteroatoms. The van der Waals surface area contributed by atoms with E-state index in [4.69, 9.17) is 10.7 Å². The number of primary amides is 1. The minimum absolute atomic E-state index is 0.435. The fraction of sp³-hybridized carbons (Fsp3) is 0.148. The Hall–Kier alpha value is -4.23. The Balaban J connectivity index is 1.25. The maximum Gasteiger partial charge on any atom is 0.249 e. The maximum atomic E-state index is 11.9. The van der Waals surface area contributed by atoms with E-state index in [1.807, 2.05) is 53.4 Å². The van der Waals surface area contributed by atoms with Gasteiger partial charge in [-0.15, -0.1) is 0 Å². The van der Waals surface area contributed by atoms with Crippen molar-refractivity contribution in [2.75, 3.05) is 18.0 Å². The average Bonchev–Trinajstić information content (AvgIpc) is 3.28. The maximum absolute atomic E-state index is 11.9. The zero-order chi connectivity index (χ0) is 22.8. The molecule has 0 spiro atoms. The van der Waals surface area contributed by atoms with Gasteiger partial charge in [0.15, 0.2) is 5.65 Å². The number of fused-ring (bicyclic) bond motifs is 3. The van der Waals surface area contributed by atoms with Gasteiger partial charge in [0.2, 0.25) is 5.91 Å². The lowest BCUT2D eigenvalue weighted by Gasteiger charge is -2.57. The van der Waals surface area contributed by atoms with Gasteiger partial charge in [-0.05, 0) is 40.1 Å². The number of anilines is 1. The van der Waals surface area contributed by atoms with Crippen LogP contribution < -0.4 is 16.0 Å². The SMILES string of the molecule is NC(=O)c1ccc(-c2cnn3cc(-c4ccc(N5CC6NC[C@H]65)cc4)cnc23)c2ccccc12. The van der Waals surface area contributed by atoms with Crippen LogP contribution in [-0.2, 0) is 0 Å². The number of nitrogens with one attached hydrogen (secondary N) is 1. The van der Waals surface area contributed by atoms with E-state index in [0.29, 0.717) is 17.6 Å². The normalized spacial score (nSPS) is 19.0. The second kappa shape index (κ2) is 7.13. The summed E-state index contributed by atoms with van der Waals surface area (Å²) in [5.74, 6) is -0.435. The first-order valence-electron chi connectivity index (χ1n) is 11.4. The number of carbonyl (C=O) groups excluding carboxylic acids is 1. The van der Waals surface area contributed by atoms with Crippen molar-refractivity contribution in [3.8, 4) is 22.3 Å². The highest BCUT2D eigenvalue weighted by atomic mass is 16.1. The Morgan fingerprint density at radius 3 is 2.47 bits per heavy atom. The summed E-state index contributed by atoms with van der Waals surface area (Å²) < 4.78 is 1.81. The topological polar surface area (TPSA) is 88.5 Å². The van der Waals surface area contributed by atoms with Crippen LogP contribution in [0.5, 0.6) is 0 Å². The Labute approximate surface area is 195 Å². The van der Waals surface area contributed by atoms with Gasteiger partial charge in [0.25, 0.3) is 0 Å². The fourth-order valence-electron chi connectivity index (χ4n) is 5.22. The molecule has 0 radical (unpaired) electrons. The van der Waals surface area contributed by atoms with Crippen molar-refractivity contribution in [3.63, 3.8) is 0 Å². The third-order valence-electron chi connectivity index (χ3n) is 7.22. The number of hydrogen-bond acceptors (Lipinski definition) is 5. The number of carbonyl (C=O) groups is 1. The molecule has 0 bridgehead atoms. The van der Waals surface area contributed by atoms with Crippen LogP contribution in [0, 0.1) is 0 Å². The molecular formula is C27H22N6O. The number of nitrogens with two attached hydrogens (primary N) is 1. The molecule has 2 saturated heterocycles. The van der Waals surface area contributed by atoms with E-state index in [1.165, 1.54) is 5.69 Å². The summed E-state index contributed by atoms with van der Waals surface area (Å²) in [4.78, 5) is 19.1. The Kier molecular flexibility index (Phi) is 4.04. The second-order valence-corrected chi connectivity index (χ2v) is 9.02. The number of piperazine rings is 1.